The van der Waals surface area contributed by atoms with Crippen molar-refractivity contribution in [3.63, 3.8) is 0 Å². The summed E-state index contributed by atoms with van der Waals surface area (Å²) in [4.78, 5) is 36.4. The highest BCUT2D eigenvalue weighted by atomic mass is 16.6. The van der Waals surface area contributed by atoms with E-state index in [1.165, 1.54) is 22.9 Å². The first-order chi connectivity index (χ1) is 12.5. The molecule has 1 aromatic carbocycles. The van der Waals surface area contributed by atoms with Crippen molar-refractivity contribution < 1.29 is 14.5 Å². The second-order valence-electron chi connectivity index (χ2n) is 5.98. The molecular weight excluding hydrogens is 340 g/mol. The third kappa shape index (κ3) is 3.53. The van der Waals surface area contributed by atoms with Gasteiger partial charge in [-0.1, -0.05) is 11.3 Å². The van der Waals surface area contributed by atoms with Gasteiger partial charge in [0, 0.05) is 25.2 Å². The second kappa shape index (κ2) is 7.30. The van der Waals surface area contributed by atoms with Gasteiger partial charge in [-0.05, 0) is 25.8 Å². The monoisotopic (exact) mass is 358 g/mol. The first-order valence-electron chi connectivity index (χ1n) is 8.20. The van der Waals surface area contributed by atoms with Crippen molar-refractivity contribution in [2.45, 2.75) is 19.8 Å². The molecule has 2 heterocycles. The number of rotatable bonds is 5. The lowest BCUT2D eigenvalue weighted by molar-refractivity contribution is -0.384. The predicted octanol–water partition coefficient (Wildman–Crippen LogP) is 0.836. The molecule has 10 nitrogen and oxygen atoms in total. The molecule has 3 rings (SSSR count). The number of likely N-dealkylation sites (tertiary alicyclic amines) is 1. The lowest BCUT2D eigenvalue weighted by Crippen LogP contribution is -2.38. The van der Waals surface area contributed by atoms with Crippen LogP contribution in [-0.2, 0) is 4.79 Å². The SMILES string of the molecule is Cc1c(C(=O)NCC(=O)N2CCCC2)nnn1-c1cccc([N+](=O)[O-])c1. The lowest BCUT2D eigenvalue weighted by Gasteiger charge is -2.15. The van der Waals surface area contributed by atoms with Gasteiger partial charge in [-0.2, -0.15) is 0 Å². The molecule has 1 fully saturated rings. The number of carbonyl (C=O) groups excluding carboxylic acids is 2. The van der Waals surface area contributed by atoms with E-state index in [4.69, 9.17) is 0 Å². The van der Waals surface area contributed by atoms with E-state index in [1.54, 1.807) is 17.9 Å². The lowest BCUT2D eigenvalue weighted by atomic mass is 10.2. The molecule has 136 valence electrons. The number of hydrogen-bond acceptors (Lipinski definition) is 6. The van der Waals surface area contributed by atoms with Crippen LogP contribution in [0.1, 0.15) is 29.0 Å². The molecule has 1 aliphatic heterocycles. The molecule has 0 atom stereocenters. The van der Waals surface area contributed by atoms with Gasteiger partial charge in [0.2, 0.25) is 5.91 Å². The van der Waals surface area contributed by atoms with Crippen LogP contribution in [0.5, 0.6) is 0 Å². The third-order valence-electron chi connectivity index (χ3n) is 4.25. The summed E-state index contributed by atoms with van der Waals surface area (Å²) in [5.74, 6) is -0.633. The standard InChI is InChI=1S/C16H18N6O4/c1-11-15(16(24)17-10-14(23)20-7-2-3-8-20)18-19-21(11)12-5-4-6-13(9-12)22(25)26/h4-6,9H,2-3,7-8,10H2,1H3,(H,17,24). The zero-order chi connectivity index (χ0) is 18.7. The maximum absolute atomic E-state index is 12.3. The van der Waals surface area contributed by atoms with E-state index in [1.807, 2.05) is 0 Å². The van der Waals surface area contributed by atoms with Gasteiger partial charge in [0.05, 0.1) is 22.8 Å². The van der Waals surface area contributed by atoms with E-state index >= 15 is 0 Å². The number of nitrogens with zero attached hydrogens (tertiary/aromatic N) is 5. The van der Waals surface area contributed by atoms with Crippen molar-refractivity contribution in [1.29, 1.82) is 0 Å². The average molecular weight is 358 g/mol. The maximum Gasteiger partial charge on any atom is 0.274 e. The van der Waals surface area contributed by atoms with Gasteiger partial charge in [-0.3, -0.25) is 19.7 Å². The fourth-order valence-corrected chi connectivity index (χ4v) is 2.84. The fraction of sp³-hybridized carbons (Fsp3) is 0.375. The minimum atomic E-state index is -0.508. The van der Waals surface area contributed by atoms with E-state index in [0.717, 1.165) is 25.9 Å². The Bertz CT molecular complexity index is 856. The molecule has 1 aliphatic rings. The van der Waals surface area contributed by atoms with Crippen LogP contribution in [0.15, 0.2) is 24.3 Å². The molecule has 2 aromatic rings. The maximum atomic E-state index is 12.3. The largest absolute Gasteiger partial charge is 0.342 e. The summed E-state index contributed by atoms with van der Waals surface area (Å²) in [5, 5.41) is 21.2. The molecule has 26 heavy (non-hydrogen) atoms. The van der Waals surface area contributed by atoms with Crippen LogP contribution in [-0.4, -0.2) is 56.3 Å². The number of amides is 2. The zero-order valence-electron chi connectivity index (χ0n) is 14.2. The summed E-state index contributed by atoms with van der Waals surface area (Å²) in [6.45, 7) is 2.98. The summed E-state index contributed by atoms with van der Waals surface area (Å²) in [7, 11) is 0. The molecule has 2 amide bonds. The van der Waals surface area contributed by atoms with Crippen LogP contribution in [0.2, 0.25) is 0 Å². The van der Waals surface area contributed by atoms with Crippen LogP contribution in [0, 0.1) is 17.0 Å². The first-order valence-corrected chi connectivity index (χ1v) is 8.20. The number of nitrogens with one attached hydrogen (secondary N) is 1. The summed E-state index contributed by atoms with van der Waals surface area (Å²) in [6.07, 6.45) is 1.96. The molecule has 0 spiro atoms. The number of nitro benzene ring substituents is 1. The van der Waals surface area contributed by atoms with Crippen molar-refractivity contribution in [3.05, 3.63) is 45.8 Å². The molecule has 1 aromatic heterocycles. The highest BCUT2D eigenvalue weighted by molar-refractivity contribution is 5.95. The summed E-state index contributed by atoms with van der Waals surface area (Å²) >= 11 is 0. The normalized spacial score (nSPS) is 13.7. The molecule has 10 heteroatoms. The second-order valence-corrected chi connectivity index (χ2v) is 5.98. The van der Waals surface area contributed by atoms with Gasteiger partial charge in [0.25, 0.3) is 11.6 Å². The highest BCUT2D eigenvalue weighted by Crippen LogP contribution is 2.18. The molecule has 0 saturated carbocycles. The predicted molar refractivity (Wildman–Crippen MR) is 90.9 cm³/mol. The van der Waals surface area contributed by atoms with Gasteiger partial charge >= 0.3 is 0 Å². The number of hydrogen-bond donors (Lipinski definition) is 1. The van der Waals surface area contributed by atoms with Gasteiger partial charge in [0.15, 0.2) is 5.69 Å². The summed E-state index contributed by atoms with van der Waals surface area (Å²) in [5.41, 5.74) is 0.846. The highest BCUT2D eigenvalue weighted by Gasteiger charge is 2.21. The van der Waals surface area contributed by atoms with Crippen molar-refractivity contribution in [2.24, 2.45) is 0 Å². The van der Waals surface area contributed by atoms with Crippen LogP contribution < -0.4 is 5.32 Å². The molecule has 0 unspecified atom stereocenters. The summed E-state index contributed by atoms with van der Waals surface area (Å²) < 4.78 is 1.35. The van der Waals surface area contributed by atoms with Crippen molar-refractivity contribution >= 4 is 17.5 Å². The molecule has 0 aliphatic carbocycles. The average Bonchev–Trinajstić information content (AvgIpc) is 3.29. The quantitative estimate of drug-likeness (QED) is 0.624. The number of non-ortho nitro benzene ring substituents is 1. The fourth-order valence-electron chi connectivity index (χ4n) is 2.84. The minimum absolute atomic E-state index is 0.0747. The first kappa shape index (κ1) is 17.5. The van der Waals surface area contributed by atoms with Crippen LogP contribution in [0.4, 0.5) is 5.69 Å². The van der Waals surface area contributed by atoms with Gasteiger partial charge < -0.3 is 10.2 Å². The minimum Gasteiger partial charge on any atom is -0.342 e. The van der Waals surface area contributed by atoms with Gasteiger partial charge in [0.1, 0.15) is 0 Å². The topological polar surface area (TPSA) is 123 Å². The van der Waals surface area contributed by atoms with Crippen molar-refractivity contribution in [1.82, 2.24) is 25.2 Å². The zero-order valence-corrected chi connectivity index (χ0v) is 14.2. The number of nitro groups is 1. The Hall–Kier alpha value is -3.30. The number of carbonyl (C=O) groups is 2. The Balaban J connectivity index is 1.72. The van der Waals surface area contributed by atoms with Crippen molar-refractivity contribution in [3.8, 4) is 5.69 Å². The van der Waals surface area contributed by atoms with Gasteiger partial charge in [-0.15, -0.1) is 5.10 Å². The van der Waals surface area contributed by atoms with E-state index in [-0.39, 0.29) is 23.8 Å². The van der Waals surface area contributed by atoms with Crippen molar-refractivity contribution in [2.75, 3.05) is 19.6 Å². The van der Waals surface area contributed by atoms with E-state index in [0.29, 0.717) is 11.4 Å². The smallest absolute Gasteiger partial charge is 0.274 e. The number of benzene rings is 1. The van der Waals surface area contributed by atoms with Gasteiger partial charge in [-0.25, -0.2) is 4.68 Å². The van der Waals surface area contributed by atoms with E-state index in [2.05, 4.69) is 15.6 Å². The third-order valence-corrected chi connectivity index (χ3v) is 4.25. The molecular formula is C16H18N6O4. The molecule has 0 bridgehead atoms. The van der Waals surface area contributed by atoms with E-state index < -0.39 is 10.8 Å². The Morgan fingerprint density at radius 3 is 2.73 bits per heavy atom. The Kier molecular flexibility index (Phi) is 4.92. The molecule has 1 saturated heterocycles. The van der Waals surface area contributed by atoms with Crippen LogP contribution >= 0.6 is 0 Å². The Labute approximate surface area is 148 Å². The molecule has 1 N–H and O–H groups in total. The van der Waals surface area contributed by atoms with E-state index in [9.17, 15) is 19.7 Å². The molecule has 0 radical (unpaired) electrons. The van der Waals surface area contributed by atoms with Crippen LogP contribution in [0.3, 0.4) is 0 Å². The number of aromatic nitrogens is 3. The Morgan fingerprint density at radius 2 is 2.04 bits per heavy atom. The van der Waals surface area contributed by atoms with Crippen LogP contribution in [0.25, 0.3) is 5.69 Å². The Morgan fingerprint density at radius 1 is 1.31 bits per heavy atom. The summed E-state index contributed by atoms with van der Waals surface area (Å²) in [6, 6.07) is 5.88.